The van der Waals surface area contributed by atoms with Gasteiger partial charge in [-0.2, -0.15) is 0 Å². The van der Waals surface area contributed by atoms with Crippen molar-refractivity contribution in [1.29, 1.82) is 0 Å². The third kappa shape index (κ3) is 5.42. The second-order valence-corrected chi connectivity index (χ2v) is 7.32. The van der Waals surface area contributed by atoms with E-state index in [-0.39, 0.29) is 22.6 Å². The maximum Gasteiger partial charge on any atom is 0.263 e. The first-order chi connectivity index (χ1) is 12.8. The van der Waals surface area contributed by atoms with Crippen LogP contribution in [0.2, 0.25) is 0 Å². The molecular weight excluding hydrogens is 342 g/mol. The van der Waals surface area contributed by atoms with Gasteiger partial charge in [-0.15, -0.1) is 0 Å². The first kappa shape index (κ1) is 20.7. The van der Waals surface area contributed by atoms with Crippen LogP contribution < -0.4 is 16.4 Å². The Kier molecular flexibility index (Phi) is 7.16. The molecule has 0 fully saturated rings. The Bertz CT molecular complexity index is 910. The van der Waals surface area contributed by atoms with Crippen LogP contribution in [0.15, 0.2) is 40.1 Å². The van der Waals surface area contributed by atoms with E-state index in [9.17, 15) is 14.4 Å². The minimum absolute atomic E-state index is 0.0479. The summed E-state index contributed by atoms with van der Waals surface area (Å²) >= 11 is 0. The molecule has 0 aromatic carbocycles. The monoisotopic (exact) mass is 371 g/mol. The maximum atomic E-state index is 12.6. The lowest BCUT2D eigenvalue weighted by atomic mass is 10.1. The SMILES string of the molecule is Cc1ccn(CCC(C)C)c(=O)c1C(=O)NCCCn1c(C)cccc1=O. The predicted octanol–water partition coefficient (Wildman–Crippen LogP) is 2.49. The lowest BCUT2D eigenvalue weighted by Gasteiger charge is -2.13. The molecule has 0 unspecified atom stereocenters. The third-order valence-electron chi connectivity index (χ3n) is 4.66. The molecule has 0 bridgehead atoms. The van der Waals surface area contributed by atoms with Crippen LogP contribution >= 0.6 is 0 Å². The van der Waals surface area contributed by atoms with Crippen molar-refractivity contribution in [1.82, 2.24) is 14.5 Å². The van der Waals surface area contributed by atoms with Gasteiger partial charge in [0.15, 0.2) is 0 Å². The number of hydrogen-bond acceptors (Lipinski definition) is 3. The minimum atomic E-state index is -0.353. The molecule has 0 radical (unpaired) electrons. The summed E-state index contributed by atoms with van der Waals surface area (Å²) in [7, 11) is 0. The summed E-state index contributed by atoms with van der Waals surface area (Å²) in [6.07, 6.45) is 3.25. The van der Waals surface area contributed by atoms with Gasteiger partial charge in [0.2, 0.25) is 0 Å². The van der Waals surface area contributed by atoms with E-state index in [1.54, 1.807) is 28.3 Å². The highest BCUT2D eigenvalue weighted by Gasteiger charge is 2.15. The largest absolute Gasteiger partial charge is 0.352 e. The molecule has 0 atom stereocenters. The van der Waals surface area contributed by atoms with Crippen LogP contribution in [0.3, 0.4) is 0 Å². The molecule has 0 aliphatic heterocycles. The number of pyridine rings is 2. The quantitative estimate of drug-likeness (QED) is 0.725. The number of aryl methyl sites for hydroxylation is 3. The standard InChI is InChI=1S/C21H29N3O3/c1-15(2)9-13-23-14-10-16(3)19(21(23)27)20(26)22-11-6-12-24-17(4)7-5-8-18(24)25/h5,7-8,10,14-15H,6,9,11-13H2,1-4H3,(H,22,26). The number of amides is 1. The van der Waals surface area contributed by atoms with E-state index in [2.05, 4.69) is 19.2 Å². The van der Waals surface area contributed by atoms with Gasteiger partial charge < -0.3 is 14.5 Å². The lowest BCUT2D eigenvalue weighted by Crippen LogP contribution is -2.35. The van der Waals surface area contributed by atoms with Gasteiger partial charge in [0.1, 0.15) is 5.56 Å². The Labute approximate surface area is 159 Å². The Balaban J connectivity index is 2.00. The van der Waals surface area contributed by atoms with Crippen LogP contribution in [0, 0.1) is 19.8 Å². The van der Waals surface area contributed by atoms with Crippen molar-refractivity contribution in [3.8, 4) is 0 Å². The van der Waals surface area contributed by atoms with Crippen LogP contribution in [0.4, 0.5) is 0 Å². The number of aromatic nitrogens is 2. The van der Waals surface area contributed by atoms with Crippen LogP contribution in [-0.2, 0) is 13.1 Å². The topological polar surface area (TPSA) is 73.1 Å². The van der Waals surface area contributed by atoms with Gasteiger partial charge in [-0.1, -0.05) is 19.9 Å². The molecule has 0 saturated carbocycles. The summed E-state index contributed by atoms with van der Waals surface area (Å²) in [5.41, 5.74) is 1.47. The van der Waals surface area contributed by atoms with Crippen molar-refractivity contribution in [2.24, 2.45) is 5.92 Å². The average Bonchev–Trinajstić information content (AvgIpc) is 2.60. The third-order valence-corrected chi connectivity index (χ3v) is 4.66. The fraction of sp³-hybridized carbons (Fsp3) is 0.476. The van der Waals surface area contributed by atoms with Crippen molar-refractivity contribution in [2.45, 2.75) is 53.6 Å². The van der Waals surface area contributed by atoms with Crippen molar-refractivity contribution in [2.75, 3.05) is 6.54 Å². The van der Waals surface area contributed by atoms with Gasteiger partial charge >= 0.3 is 0 Å². The lowest BCUT2D eigenvalue weighted by molar-refractivity contribution is 0.0950. The van der Waals surface area contributed by atoms with Gasteiger partial charge in [0, 0.05) is 37.6 Å². The van der Waals surface area contributed by atoms with Crippen molar-refractivity contribution < 1.29 is 4.79 Å². The molecule has 27 heavy (non-hydrogen) atoms. The number of hydrogen-bond donors (Lipinski definition) is 1. The fourth-order valence-corrected chi connectivity index (χ4v) is 2.95. The highest BCUT2D eigenvalue weighted by Crippen LogP contribution is 2.05. The number of carbonyl (C=O) groups is 1. The number of nitrogens with zero attached hydrogens (tertiary/aromatic N) is 2. The van der Waals surface area contributed by atoms with E-state index in [4.69, 9.17) is 0 Å². The van der Waals surface area contributed by atoms with Crippen molar-refractivity contribution >= 4 is 5.91 Å². The highest BCUT2D eigenvalue weighted by molar-refractivity contribution is 5.95. The second-order valence-electron chi connectivity index (χ2n) is 7.32. The molecule has 6 nitrogen and oxygen atoms in total. The van der Waals surface area contributed by atoms with Gasteiger partial charge in [0.25, 0.3) is 17.0 Å². The first-order valence-electron chi connectivity index (χ1n) is 9.46. The zero-order valence-electron chi connectivity index (χ0n) is 16.6. The molecule has 2 aromatic heterocycles. The zero-order valence-corrected chi connectivity index (χ0v) is 16.6. The Morgan fingerprint density at radius 2 is 1.85 bits per heavy atom. The molecule has 2 heterocycles. The summed E-state index contributed by atoms with van der Waals surface area (Å²) in [5.74, 6) is 0.133. The fourth-order valence-electron chi connectivity index (χ4n) is 2.95. The summed E-state index contributed by atoms with van der Waals surface area (Å²) in [5, 5.41) is 2.81. The minimum Gasteiger partial charge on any atom is -0.352 e. The average molecular weight is 371 g/mol. The van der Waals surface area contributed by atoms with Crippen LogP contribution in [0.5, 0.6) is 0 Å². The van der Waals surface area contributed by atoms with Crippen LogP contribution in [-0.4, -0.2) is 21.6 Å². The molecule has 0 aliphatic rings. The van der Waals surface area contributed by atoms with E-state index >= 15 is 0 Å². The summed E-state index contributed by atoms with van der Waals surface area (Å²) in [6, 6.07) is 6.95. The first-order valence-corrected chi connectivity index (χ1v) is 9.46. The van der Waals surface area contributed by atoms with Gasteiger partial charge in [0.05, 0.1) is 0 Å². The Hall–Kier alpha value is -2.63. The molecule has 146 valence electrons. The number of nitrogens with one attached hydrogen (secondary N) is 1. The molecule has 0 spiro atoms. The molecular formula is C21H29N3O3. The van der Waals surface area contributed by atoms with E-state index in [0.29, 0.717) is 37.5 Å². The van der Waals surface area contributed by atoms with Gasteiger partial charge in [-0.05, 0) is 50.3 Å². The molecule has 2 aromatic rings. The van der Waals surface area contributed by atoms with Crippen molar-refractivity contribution in [3.05, 3.63) is 68.0 Å². The second kappa shape index (κ2) is 9.35. The van der Waals surface area contributed by atoms with Crippen LogP contribution in [0.1, 0.15) is 48.3 Å². The Morgan fingerprint density at radius 1 is 1.11 bits per heavy atom. The summed E-state index contributed by atoms with van der Waals surface area (Å²) in [4.78, 5) is 37.0. The van der Waals surface area contributed by atoms with Crippen LogP contribution in [0.25, 0.3) is 0 Å². The zero-order chi connectivity index (χ0) is 20.0. The number of carbonyl (C=O) groups excluding carboxylic acids is 1. The number of rotatable bonds is 8. The predicted molar refractivity (Wildman–Crippen MR) is 107 cm³/mol. The van der Waals surface area contributed by atoms with E-state index in [0.717, 1.165) is 12.1 Å². The maximum absolute atomic E-state index is 12.6. The van der Waals surface area contributed by atoms with E-state index < -0.39 is 0 Å². The molecule has 1 amide bonds. The molecule has 1 N–H and O–H groups in total. The molecule has 0 saturated heterocycles. The highest BCUT2D eigenvalue weighted by atomic mass is 16.2. The van der Waals surface area contributed by atoms with E-state index in [1.807, 2.05) is 19.1 Å². The van der Waals surface area contributed by atoms with E-state index in [1.165, 1.54) is 6.07 Å². The molecule has 0 aliphatic carbocycles. The molecule has 2 rings (SSSR count). The molecule has 6 heteroatoms. The van der Waals surface area contributed by atoms with Gasteiger partial charge in [-0.25, -0.2) is 0 Å². The summed E-state index contributed by atoms with van der Waals surface area (Å²) in [6.45, 7) is 9.40. The normalized spacial score (nSPS) is 11.0. The Morgan fingerprint density at radius 3 is 2.52 bits per heavy atom. The van der Waals surface area contributed by atoms with Crippen molar-refractivity contribution in [3.63, 3.8) is 0 Å². The summed E-state index contributed by atoms with van der Waals surface area (Å²) < 4.78 is 3.29. The smallest absolute Gasteiger partial charge is 0.263 e. The van der Waals surface area contributed by atoms with Gasteiger partial charge in [-0.3, -0.25) is 14.4 Å².